The summed E-state index contributed by atoms with van der Waals surface area (Å²) in [7, 11) is 0. The number of nitrogens with zero attached hydrogens (tertiary/aromatic N) is 3. The van der Waals surface area contributed by atoms with Crippen LogP contribution in [0.3, 0.4) is 0 Å². The van der Waals surface area contributed by atoms with Crippen LogP contribution in [0.1, 0.15) is 24.3 Å². The molecule has 1 aromatic heterocycles. The lowest BCUT2D eigenvalue weighted by atomic mass is 10.2. The van der Waals surface area contributed by atoms with Crippen molar-refractivity contribution < 1.29 is 13.9 Å². The second-order valence-corrected chi connectivity index (χ2v) is 5.87. The number of ether oxygens (including phenoxy) is 1. The Morgan fingerprint density at radius 2 is 2.04 bits per heavy atom. The Morgan fingerprint density at radius 1 is 1.29 bits per heavy atom. The summed E-state index contributed by atoms with van der Waals surface area (Å²) < 4.78 is 20.1. The molecular weight excluding hydrogens is 311 g/mol. The third-order valence-corrected chi connectivity index (χ3v) is 3.76. The fraction of sp³-hybridized carbons (Fsp3) is 0.353. The standard InChI is InChI=1S/C17H19FN4O2/c1-11-9-22(10-12(2)24-11)16-4-3-13(7-14(16)18)21-17(23)15-8-19-5-6-20-15/h3-8,11-12H,9-10H2,1-2H3,(H,21,23)/t11-,12-/m1/s1. The van der Waals surface area contributed by atoms with Crippen LogP contribution in [-0.2, 0) is 4.74 Å². The molecule has 0 radical (unpaired) electrons. The fourth-order valence-corrected chi connectivity index (χ4v) is 2.83. The number of hydrogen-bond acceptors (Lipinski definition) is 5. The highest BCUT2D eigenvalue weighted by Crippen LogP contribution is 2.26. The molecule has 1 amide bonds. The average molecular weight is 330 g/mol. The number of hydrogen-bond donors (Lipinski definition) is 1. The van der Waals surface area contributed by atoms with Crippen molar-refractivity contribution in [2.45, 2.75) is 26.1 Å². The number of halogens is 1. The van der Waals surface area contributed by atoms with Crippen molar-refractivity contribution in [3.8, 4) is 0 Å². The first kappa shape index (κ1) is 16.3. The van der Waals surface area contributed by atoms with E-state index >= 15 is 0 Å². The Hall–Kier alpha value is -2.54. The second kappa shape index (κ2) is 6.92. The molecule has 1 saturated heterocycles. The number of anilines is 2. The molecule has 1 N–H and O–H groups in total. The van der Waals surface area contributed by atoms with E-state index < -0.39 is 5.91 Å². The van der Waals surface area contributed by atoms with Gasteiger partial charge in [0.05, 0.1) is 24.1 Å². The molecule has 2 aromatic rings. The van der Waals surface area contributed by atoms with Crippen molar-refractivity contribution in [3.63, 3.8) is 0 Å². The summed E-state index contributed by atoms with van der Waals surface area (Å²) in [4.78, 5) is 21.7. The molecule has 3 rings (SSSR count). The Labute approximate surface area is 139 Å². The van der Waals surface area contributed by atoms with Gasteiger partial charge in [0.2, 0.25) is 0 Å². The molecule has 6 nitrogen and oxygen atoms in total. The van der Waals surface area contributed by atoms with Gasteiger partial charge in [0.25, 0.3) is 5.91 Å². The van der Waals surface area contributed by atoms with Crippen LogP contribution in [0.25, 0.3) is 0 Å². The molecule has 0 bridgehead atoms. The Bertz CT molecular complexity index is 716. The molecular formula is C17H19FN4O2. The third-order valence-electron chi connectivity index (χ3n) is 3.76. The average Bonchev–Trinajstić information content (AvgIpc) is 2.55. The summed E-state index contributed by atoms with van der Waals surface area (Å²) in [6.45, 7) is 5.20. The summed E-state index contributed by atoms with van der Waals surface area (Å²) in [5.41, 5.74) is 1.06. The zero-order valence-corrected chi connectivity index (χ0v) is 13.6. The molecule has 1 aliphatic rings. The predicted molar refractivity (Wildman–Crippen MR) is 88.6 cm³/mol. The number of aromatic nitrogens is 2. The van der Waals surface area contributed by atoms with E-state index in [0.717, 1.165) is 0 Å². The van der Waals surface area contributed by atoms with Crippen LogP contribution in [0.15, 0.2) is 36.8 Å². The molecule has 0 spiro atoms. The number of rotatable bonds is 3. The smallest absolute Gasteiger partial charge is 0.275 e. The summed E-state index contributed by atoms with van der Waals surface area (Å²) >= 11 is 0. The summed E-state index contributed by atoms with van der Waals surface area (Å²) in [6.07, 6.45) is 4.36. The van der Waals surface area contributed by atoms with Crippen molar-refractivity contribution in [2.24, 2.45) is 0 Å². The minimum atomic E-state index is -0.427. The van der Waals surface area contributed by atoms with E-state index in [4.69, 9.17) is 4.74 Å². The molecule has 1 aliphatic heterocycles. The molecule has 0 saturated carbocycles. The molecule has 2 atom stereocenters. The van der Waals surface area contributed by atoms with Gasteiger partial charge in [-0.25, -0.2) is 9.37 Å². The fourth-order valence-electron chi connectivity index (χ4n) is 2.83. The van der Waals surface area contributed by atoms with Crippen LogP contribution >= 0.6 is 0 Å². The Balaban J connectivity index is 1.74. The zero-order chi connectivity index (χ0) is 17.1. The monoisotopic (exact) mass is 330 g/mol. The van der Waals surface area contributed by atoms with E-state index in [1.165, 1.54) is 24.7 Å². The third kappa shape index (κ3) is 3.68. The molecule has 0 aliphatic carbocycles. The maximum atomic E-state index is 14.5. The van der Waals surface area contributed by atoms with Crippen LogP contribution in [0, 0.1) is 5.82 Å². The minimum absolute atomic E-state index is 0.0455. The molecule has 0 unspecified atom stereocenters. The maximum Gasteiger partial charge on any atom is 0.275 e. The summed E-state index contributed by atoms with van der Waals surface area (Å²) in [5, 5.41) is 2.62. The van der Waals surface area contributed by atoms with Gasteiger partial charge in [-0.2, -0.15) is 0 Å². The SMILES string of the molecule is C[C@@H]1CN(c2ccc(NC(=O)c3cnccn3)cc2F)C[C@@H](C)O1. The maximum absolute atomic E-state index is 14.5. The molecule has 24 heavy (non-hydrogen) atoms. The van der Waals surface area contributed by atoms with Crippen molar-refractivity contribution >= 4 is 17.3 Å². The second-order valence-electron chi connectivity index (χ2n) is 5.87. The van der Waals surface area contributed by atoms with Gasteiger partial charge in [-0.15, -0.1) is 0 Å². The van der Waals surface area contributed by atoms with Gasteiger partial charge < -0.3 is 15.0 Å². The number of carbonyl (C=O) groups is 1. The quantitative estimate of drug-likeness (QED) is 0.936. The van der Waals surface area contributed by atoms with Crippen molar-refractivity contribution in [1.29, 1.82) is 0 Å². The van der Waals surface area contributed by atoms with Gasteiger partial charge in [-0.1, -0.05) is 0 Å². The largest absolute Gasteiger partial charge is 0.372 e. The molecule has 7 heteroatoms. The lowest BCUT2D eigenvalue weighted by Crippen LogP contribution is -2.45. The van der Waals surface area contributed by atoms with Crippen LogP contribution in [-0.4, -0.2) is 41.2 Å². The molecule has 126 valence electrons. The highest BCUT2D eigenvalue weighted by Gasteiger charge is 2.24. The van der Waals surface area contributed by atoms with Gasteiger partial charge in [-0.05, 0) is 32.0 Å². The first-order valence-corrected chi connectivity index (χ1v) is 7.80. The van der Waals surface area contributed by atoms with E-state index in [2.05, 4.69) is 15.3 Å². The van der Waals surface area contributed by atoms with E-state index in [-0.39, 0.29) is 23.7 Å². The van der Waals surface area contributed by atoms with Gasteiger partial charge in [0.1, 0.15) is 11.5 Å². The predicted octanol–water partition coefficient (Wildman–Crippen LogP) is 2.48. The summed E-state index contributed by atoms with van der Waals surface area (Å²) in [5.74, 6) is -0.808. The van der Waals surface area contributed by atoms with E-state index in [9.17, 15) is 9.18 Å². The van der Waals surface area contributed by atoms with Gasteiger partial charge >= 0.3 is 0 Å². The lowest BCUT2D eigenvalue weighted by molar-refractivity contribution is -0.00539. The van der Waals surface area contributed by atoms with Crippen LogP contribution in [0.5, 0.6) is 0 Å². The van der Waals surface area contributed by atoms with Gasteiger partial charge in [0, 0.05) is 31.2 Å². The Morgan fingerprint density at radius 3 is 2.67 bits per heavy atom. The normalized spacial score (nSPS) is 20.7. The van der Waals surface area contributed by atoms with Crippen LogP contribution < -0.4 is 10.2 Å². The van der Waals surface area contributed by atoms with Gasteiger partial charge in [0.15, 0.2) is 0 Å². The van der Waals surface area contributed by atoms with E-state index in [0.29, 0.717) is 24.5 Å². The first-order valence-electron chi connectivity index (χ1n) is 7.80. The first-order chi connectivity index (χ1) is 11.5. The molecule has 1 fully saturated rings. The molecule has 1 aromatic carbocycles. The van der Waals surface area contributed by atoms with Gasteiger partial charge in [-0.3, -0.25) is 9.78 Å². The highest BCUT2D eigenvalue weighted by molar-refractivity contribution is 6.02. The highest BCUT2D eigenvalue weighted by atomic mass is 19.1. The number of morpholine rings is 1. The topological polar surface area (TPSA) is 67.4 Å². The van der Waals surface area contributed by atoms with Crippen LogP contribution in [0.2, 0.25) is 0 Å². The molecule has 2 heterocycles. The lowest BCUT2D eigenvalue weighted by Gasteiger charge is -2.37. The summed E-state index contributed by atoms with van der Waals surface area (Å²) in [6, 6.07) is 4.66. The number of benzene rings is 1. The van der Waals surface area contributed by atoms with Crippen molar-refractivity contribution in [2.75, 3.05) is 23.3 Å². The number of carbonyl (C=O) groups excluding carboxylic acids is 1. The number of nitrogens with one attached hydrogen (secondary N) is 1. The van der Waals surface area contributed by atoms with E-state index in [1.54, 1.807) is 12.1 Å². The Kier molecular flexibility index (Phi) is 4.71. The van der Waals surface area contributed by atoms with Crippen molar-refractivity contribution in [3.05, 3.63) is 48.3 Å². The van der Waals surface area contributed by atoms with Crippen molar-refractivity contribution in [1.82, 2.24) is 9.97 Å². The minimum Gasteiger partial charge on any atom is -0.372 e. The zero-order valence-electron chi connectivity index (χ0n) is 13.6. The van der Waals surface area contributed by atoms with Crippen LogP contribution in [0.4, 0.5) is 15.8 Å². The van der Waals surface area contributed by atoms with E-state index in [1.807, 2.05) is 18.7 Å². The number of amides is 1.